The predicted molar refractivity (Wildman–Crippen MR) is 157 cm³/mol. The van der Waals surface area contributed by atoms with E-state index >= 15 is 0 Å². The maximum Gasteiger partial charge on any atom is 0.245 e. The van der Waals surface area contributed by atoms with Gasteiger partial charge in [-0.05, 0) is 61.4 Å². The third-order valence-electron chi connectivity index (χ3n) is 8.45. The van der Waals surface area contributed by atoms with E-state index in [-0.39, 0.29) is 54.4 Å². The molecule has 2 aliphatic rings. The number of nitrogens with zero attached hydrogens (tertiary/aromatic N) is 5. The largest absolute Gasteiger partial charge is 0.328 e. The van der Waals surface area contributed by atoms with Crippen LogP contribution < -0.4 is 0 Å². The van der Waals surface area contributed by atoms with Crippen molar-refractivity contribution in [2.24, 2.45) is 5.92 Å². The van der Waals surface area contributed by atoms with Gasteiger partial charge in [-0.3, -0.25) is 19.1 Å². The highest BCUT2D eigenvalue weighted by molar-refractivity contribution is 6.06. The van der Waals surface area contributed by atoms with Gasteiger partial charge in [0.2, 0.25) is 5.91 Å². The molecule has 0 unspecified atom stereocenters. The molecule has 214 valence electrons. The molecule has 4 aromatic rings. The summed E-state index contributed by atoms with van der Waals surface area (Å²) < 4.78 is 16.5. The molecule has 1 amide bonds. The van der Waals surface area contributed by atoms with Gasteiger partial charge in [-0.2, -0.15) is 5.10 Å². The molecule has 0 bridgehead atoms. The molecule has 1 saturated carbocycles. The number of aromatic nitrogens is 4. The summed E-state index contributed by atoms with van der Waals surface area (Å²) in [6.07, 6.45) is 4.98. The van der Waals surface area contributed by atoms with Crippen molar-refractivity contribution in [3.8, 4) is 11.1 Å². The average Bonchev–Trinajstić information content (AvgIpc) is 3.50. The first-order valence-corrected chi connectivity index (χ1v) is 14.3. The Labute approximate surface area is 243 Å². The Bertz CT molecular complexity index is 1730. The van der Waals surface area contributed by atoms with E-state index in [1.54, 1.807) is 28.9 Å². The lowest BCUT2D eigenvalue weighted by Crippen LogP contribution is -2.44. The first-order chi connectivity index (χ1) is 20.2. The van der Waals surface area contributed by atoms with E-state index in [1.165, 1.54) is 6.92 Å². The lowest BCUT2D eigenvalue weighted by Gasteiger charge is -2.27. The van der Waals surface area contributed by atoms with Crippen LogP contribution in [-0.2, 0) is 16.1 Å². The molecular weight excluding hydrogens is 533 g/mol. The number of carbonyl (C=O) groups is 3. The van der Waals surface area contributed by atoms with Crippen LogP contribution >= 0.6 is 0 Å². The fourth-order valence-corrected chi connectivity index (χ4v) is 6.03. The minimum absolute atomic E-state index is 0.00749. The second-order valence-corrected chi connectivity index (χ2v) is 11.3. The molecule has 3 atom stereocenters. The number of piperidine rings is 1. The summed E-state index contributed by atoms with van der Waals surface area (Å²) in [5.41, 5.74) is 3.90. The average molecular weight is 566 g/mol. The monoisotopic (exact) mass is 565 g/mol. The second-order valence-electron chi connectivity index (χ2n) is 11.3. The zero-order valence-corrected chi connectivity index (χ0v) is 23.9. The zero-order valence-electron chi connectivity index (χ0n) is 23.9. The van der Waals surface area contributed by atoms with E-state index in [0.717, 1.165) is 23.1 Å². The summed E-state index contributed by atoms with van der Waals surface area (Å²) in [5.74, 6) is 0.108. The molecule has 42 heavy (non-hydrogen) atoms. The third-order valence-corrected chi connectivity index (χ3v) is 8.45. The molecule has 0 N–H and O–H groups in total. The summed E-state index contributed by atoms with van der Waals surface area (Å²) in [6.45, 7) is 4.89. The van der Waals surface area contributed by atoms with Gasteiger partial charge in [-0.15, -0.1) is 0 Å². The van der Waals surface area contributed by atoms with Gasteiger partial charge < -0.3 is 4.90 Å². The van der Waals surface area contributed by atoms with Gasteiger partial charge in [0.25, 0.3) is 0 Å². The minimum atomic E-state index is -0.562. The number of carbonyl (C=O) groups excluding carboxylic acids is 3. The van der Waals surface area contributed by atoms with Gasteiger partial charge in [0.15, 0.2) is 11.6 Å². The zero-order chi connectivity index (χ0) is 29.5. The first-order valence-electron chi connectivity index (χ1n) is 14.3. The molecule has 2 aromatic heterocycles. The predicted octanol–water partition coefficient (Wildman–Crippen LogP) is 5.74. The first kappa shape index (κ1) is 27.6. The number of amides is 1. The maximum atomic E-state index is 14.9. The summed E-state index contributed by atoms with van der Waals surface area (Å²) in [4.78, 5) is 49.7. The van der Waals surface area contributed by atoms with Crippen molar-refractivity contribution >= 4 is 33.9 Å². The van der Waals surface area contributed by atoms with Crippen LogP contribution in [0.4, 0.5) is 4.39 Å². The smallest absolute Gasteiger partial charge is 0.245 e. The van der Waals surface area contributed by atoms with Gasteiger partial charge >= 0.3 is 0 Å². The molecule has 8 nitrogen and oxygen atoms in total. The van der Waals surface area contributed by atoms with Crippen LogP contribution in [0.5, 0.6) is 0 Å². The topological polar surface area (TPSA) is 98.1 Å². The molecular formula is C33H32FN5O3. The molecule has 1 aliphatic heterocycles. The normalized spacial score (nSPS) is 19.9. The van der Waals surface area contributed by atoms with Crippen LogP contribution in [0.2, 0.25) is 0 Å². The number of rotatable bonds is 9. The number of benzene rings is 2. The van der Waals surface area contributed by atoms with Gasteiger partial charge in [0.05, 0.1) is 11.6 Å². The fraction of sp³-hybridized carbons (Fsp3) is 0.333. The Morgan fingerprint density at radius 1 is 0.952 bits per heavy atom. The minimum Gasteiger partial charge on any atom is -0.328 e. The molecule has 1 saturated heterocycles. The van der Waals surface area contributed by atoms with E-state index in [1.807, 2.05) is 55.5 Å². The summed E-state index contributed by atoms with van der Waals surface area (Å²) >= 11 is 0. The Hall–Kier alpha value is -4.53. The third kappa shape index (κ3) is 5.26. The van der Waals surface area contributed by atoms with Gasteiger partial charge in [-0.1, -0.05) is 36.4 Å². The molecule has 2 aromatic carbocycles. The van der Waals surface area contributed by atoms with Gasteiger partial charge in [0.1, 0.15) is 23.9 Å². The molecule has 2 fully saturated rings. The number of hydrogen-bond acceptors (Lipinski definition) is 6. The van der Waals surface area contributed by atoms with E-state index in [4.69, 9.17) is 0 Å². The van der Waals surface area contributed by atoms with Crippen LogP contribution in [-0.4, -0.2) is 54.2 Å². The lowest BCUT2D eigenvalue weighted by molar-refractivity contribution is -0.139. The Morgan fingerprint density at radius 3 is 2.40 bits per heavy atom. The van der Waals surface area contributed by atoms with Crippen LogP contribution in [0.1, 0.15) is 61.4 Å². The number of fused-ring (bicyclic) bond motifs is 2. The standard InChI is InChI=1S/C33H32FN5O3/c1-19(22-7-5-4-6-8-22)27(34)10-12-31(41)30-15-24-14-29(24)39(30)32(42)18-38-28-11-9-23(25-16-35-21(3)36-17-25)13-26(28)33(37-38)20(2)40/h4-9,11,13,16-17,24,29-30H,10,12,14-15,18H2,1-3H3/b27-19+/t24-,29-,30+/m1/s1. The second kappa shape index (κ2) is 11.0. The van der Waals surface area contributed by atoms with Crippen molar-refractivity contribution in [2.45, 2.75) is 65.1 Å². The van der Waals surface area contributed by atoms with Gasteiger partial charge in [0, 0.05) is 49.2 Å². The number of ketones is 2. The lowest BCUT2D eigenvalue weighted by atomic mass is 10.00. The molecule has 3 heterocycles. The van der Waals surface area contributed by atoms with Crippen LogP contribution in [0.15, 0.2) is 66.8 Å². The molecule has 1 aliphatic carbocycles. The number of Topliss-reactive ketones (excluding diaryl/α,β-unsaturated/α-hetero) is 2. The quantitative estimate of drug-likeness (QED) is 0.240. The van der Waals surface area contributed by atoms with Crippen molar-refractivity contribution < 1.29 is 18.8 Å². The van der Waals surface area contributed by atoms with Crippen LogP contribution in [0, 0.1) is 12.8 Å². The Kier molecular flexibility index (Phi) is 7.26. The van der Waals surface area contributed by atoms with Crippen molar-refractivity contribution in [2.75, 3.05) is 0 Å². The van der Waals surface area contributed by atoms with E-state index in [2.05, 4.69) is 15.1 Å². The highest BCUT2D eigenvalue weighted by atomic mass is 19.1. The van der Waals surface area contributed by atoms with Gasteiger partial charge in [-0.25, -0.2) is 14.4 Å². The van der Waals surface area contributed by atoms with Crippen LogP contribution in [0.25, 0.3) is 27.6 Å². The fourth-order valence-electron chi connectivity index (χ4n) is 6.03. The summed E-state index contributed by atoms with van der Waals surface area (Å²) in [6, 6.07) is 14.3. The maximum absolute atomic E-state index is 14.9. The van der Waals surface area contributed by atoms with Crippen molar-refractivity contribution in [1.82, 2.24) is 24.6 Å². The van der Waals surface area contributed by atoms with Crippen LogP contribution in [0.3, 0.4) is 0 Å². The molecule has 0 spiro atoms. The number of likely N-dealkylation sites (tertiary alicyclic amines) is 1. The van der Waals surface area contributed by atoms with Crippen molar-refractivity contribution in [1.29, 1.82) is 0 Å². The Balaban J connectivity index is 1.20. The molecule has 6 rings (SSSR count). The van der Waals surface area contributed by atoms with Crippen molar-refractivity contribution in [3.63, 3.8) is 0 Å². The van der Waals surface area contributed by atoms with Crippen molar-refractivity contribution in [3.05, 3.63) is 83.8 Å². The number of allylic oxidation sites excluding steroid dienone is 2. The number of aryl methyl sites for hydroxylation is 1. The SMILES string of the molecule is CC(=O)c1nn(CC(=O)N2[C@@H]3C[C@@H]3C[C@H]2C(=O)CC/C(F)=C(/C)c2ccccc2)c2ccc(-c3cnc(C)nc3)cc12. The highest BCUT2D eigenvalue weighted by Gasteiger charge is 2.55. The number of hydrogen-bond donors (Lipinski definition) is 0. The molecule has 0 radical (unpaired) electrons. The Morgan fingerprint density at radius 2 is 1.69 bits per heavy atom. The van der Waals surface area contributed by atoms with E-state index in [9.17, 15) is 18.8 Å². The molecule has 9 heteroatoms. The van der Waals surface area contributed by atoms with E-state index < -0.39 is 6.04 Å². The number of halogens is 1. The summed E-state index contributed by atoms with van der Waals surface area (Å²) in [7, 11) is 0. The summed E-state index contributed by atoms with van der Waals surface area (Å²) in [5, 5.41) is 5.15. The highest BCUT2D eigenvalue weighted by Crippen LogP contribution is 2.48. The van der Waals surface area contributed by atoms with E-state index in [0.29, 0.717) is 34.6 Å².